The van der Waals surface area contributed by atoms with Gasteiger partial charge in [0.05, 0.1) is 17.8 Å². The zero-order valence-electron chi connectivity index (χ0n) is 17.5. The van der Waals surface area contributed by atoms with Crippen LogP contribution >= 0.6 is 0 Å². The fraction of sp³-hybridized carbons (Fsp3) is 0.409. The van der Waals surface area contributed by atoms with E-state index in [1.807, 2.05) is 24.3 Å². The maximum Gasteiger partial charge on any atom is 0.191 e. The molecule has 29 heavy (non-hydrogen) atoms. The van der Waals surface area contributed by atoms with Gasteiger partial charge in [-0.1, -0.05) is 37.2 Å². The SMILES string of the molecule is CCNC(=NCc1c(CC)noc1CC)NCCNc1ccc2ccccc2n1. The number of fused-ring (bicyclic) bond motifs is 1. The molecule has 2 aromatic heterocycles. The molecule has 154 valence electrons. The van der Waals surface area contributed by atoms with Crippen LogP contribution in [0, 0.1) is 0 Å². The third-order valence-electron chi connectivity index (χ3n) is 4.67. The lowest BCUT2D eigenvalue weighted by Crippen LogP contribution is -2.39. The van der Waals surface area contributed by atoms with E-state index in [1.165, 1.54) is 0 Å². The maximum atomic E-state index is 5.43. The number of aromatic nitrogens is 2. The average molecular weight is 395 g/mol. The third kappa shape index (κ3) is 5.47. The van der Waals surface area contributed by atoms with Crippen molar-refractivity contribution < 1.29 is 4.52 Å². The summed E-state index contributed by atoms with van der Waals surface area (Å²) in [6.07, 6.45) is 1.67. The normalized spacial score (nSPS) is 11.6. The minimum absolute atomic E-state index is 0.560. The quantitative estimate of drug-likeness (QED) is 0.292. The van der Waals surface area contributed by atoms with Gasteiger partial charge in [0.25, 0.3) is 0 Å². The lowest BCUT2D eigenvalue weighted by atomic mass is 10.1. The molecule has 0 amide bonds. The Balaban J connectivity index is 1.55. The van der Waals surface area contributed by atoms with Gasteiger partial charge in [0.2, 0.25) is 0 Å². The average Bonchev–Trinajstić information content (AvgIpc) is 3.16. The minimum atomic E-state index is 0.560. The fourth-order valence-corrected chi connectivity index (χ4v) is 3.15. The molecule has 0 aliphatic heterocycles. The highest BCUT2D eigenvalue weighted by molar-refractivity contribution is 5.80. The molecule has 0 aliphatic carbocycles. The van der Waals surface area contributed by atoms with E-state index >= 15 is 0 Å². The second-order valence-corrected chi connectivity index (χ2v) is 6.68. The van der Waals surface area contributed by atoms with Crippen molar-refractivity contribution in [1.29, 1.82) is 0 Å². The number of aryl methyl sites for hydroxylation is 2. The van der Waals surface area contributed by atoms with Gasteiger partial charge >= 0.3 is 0 Å². The van der Waals surface area contributed by atoms with E-state index in [2.05, 4.69) is 59.0 Å². The number of anilines is 1. The number of rotatable bonds is 9. The van der Waals surface area contributed by atoms with E-state index in [0.29, 0.717) is 6.54 Å². The van der Waals surface area contributed by atoms with Crippen LogP contribution in [0.3, 0.4) is 0 Å². The Hall–Kier alpha value is -3.09. The number of aliphatic imine (C=N–C) groups is 1. The predicted molar refractivity (Wildman–Crippen MR) is 118 cm³/mol. The number of guanidine groups is 1. The molecule has 3 rings (SSSR count). The summed E-state index contributed by atoms with van der Waals surface area (Å²) < 4.78 is 5.43. The van der Waals surface area contributed by atoms with Gasteiger partial charge < -0.3 is 20.5 Å². The second kappa shape index (κ2) is 10.5. The largest absolute Gasteiger partial charge is 0.368 e. The van der Waals surface area contributed by atoms with Crippen molar-refractivity contribution in [2.45, 2.75) is 40.2 Å². The van der Waals surface area contributed by atoms with Gasteiger partial charge in [0, 0.05) is 37.0 Å². The number of para-hydroxylation sites is 1. The third-order valence-corrected chi connectivity index (χ3v) is 4.67. The van der Waals surface area contributed by atoms with Gasteiger partial charge in [0.1, 0.15) is 11.6 Å². The number of hydrogen-bond acceptors (Lipinski definition) is 5. The topological polar surface area (TPSA) is 87.4 Å². The molecule has 0 aliphatic rings. The van der Waals surface area contributed by atoms with Crippen LogP contribution in [0.25, 0.3) is 10.9 Å². The van der Waals surface area contributed by atoms with Crippen LogP contribution in [0.4, 0.5) is 5.82 Å². The molecule has 0 saturated heterocycles. The standard InChI is InChI=1S/C22H30N6O/c1-4-18-17(20(5-2)29-28-18)15-26-22(23-6-3)25-14-13-24-21-12-11-16-9-7-8-10-19(16)27-21/h7-12H,4-6,13-15H2,1-3H3,(H,24,27)(H2,23,25,26). The van der Waals surface area contributed by atoms with Crippen molar-refractivity contribution in [2.24, 2.45) is 4.99 Å². The summed E-state index contributed by atoms with van der Waals surface area (Å²) in [5, 5.41) is 15.3. The number of pyridine rings is 1. The van der Waals surface area contributed by atoms with Gasteiger partial charge in [-0.2, -0.15) is 0 Å². The summed E-state index contributed by atoms with van der Waals surface area (Å²) in [7, 11) is 0. The maximum absolute atomic E-state index is 5.43. The summed E-state index contributed by atoms with van der Waals surface area (Å²) in [5.41, 5.74) is 3.09. The molecule has 0 fully saturated rings. The molecule has 0 bridgehead atoms. The molecule has 7 heteroatoms. The first-order valence-electron chi connectivity index (χ1n) is 10.3. The van der Waals surface area contributed by atoms with E-state index in [1.54, 1.807) is 0 Å². The number of hydrogen-bond donors (Lipinski definition) is 3. The lowest BCUT2D eigenvalue weighted by molar-refractivity contribution is 0.380. The Morgan fingerprint density at radius 2 is 1.86 bits per heavy atom. The number of benzene rings is 1. The highest BCUT2D eigenvalue weighted by Gasteiger charge is 2.13. The highest BCUT2D eigenvalue weighted by atomic mass is 16.5. The van der Waals surface area contributed by atoms with Gasteiger partial charge in [-0.15, -0.1) is 0 Å². The Morgan fingerprint density at radius 1 is 1.00 bits per heavy atom. The number of nitrogens with one attached hydrogen (secondary N) is 3. The number of nitrogens with zero attached hydrogens (tertiary/aromatic N) is 3. The highest BCUT2D eigenvalue weighted by Crippen LogP contribution is 2.17. The molecule has 0 radical (unpaired) electrons. The van der Waals surface area contributed by atoms with Gasteiger partial charge in [-0.25, -0.2) is 9.98 Å². The van der Waals surface area contributed by atoms with Crippen molar-refractivity contribution in [3.8, 4) is 0 Å². The molecular formula is C22H30N6O. The summed E-state index contributed by atoms with van der Waals surface area (Å²) in [6, 6.07) is 12.2. The molecule has 7 nitrogen and oxygen atoms in total. The van der Waals surface area contributed by atoms with Crippen LogP contribution in [-0.4, -0.2) is 35.7 Å². The van der Waals surface area contributed by atoms with Gasteiger partial charge in [-0.05, 0) is 31.5 Å². The Labute approximate surface area is 172 Å². The molecule has 1 aromatic carbocycles. The summed E-state index contributed by atoms with van der Waals surface area (Å²) in [6.45, 7) is 9.04. The summed E-state index contributed by atoms with van der Waals surface area (Å²) >= 11 is 0. The van der Waals surface area contributed by atoms with E-state index in [0.717, 1.165) is 72.2 Å². The monoisotopic (exact) mass is 394 g/mol. The fourth-order valence-electron chi connectivity index (χ4n) is 3.15. The smallest absolute Gasteiger partial charge is 0.191 e. The van der Waals surface area contributed by atoms with Crippen molar-refractivity contribution in [1.82, 2.24) is 20.8 Å². The zero-order valence-corrected chi connectivity index (χ0v) is 17.5. The Kier molecular flexibility index (Phi) is 7.44. The lowest BCUT2D eigenvalue weighted by Gasteiger charge is -2.12. The van der Waals surface area contributed by atoms with Crippen LogP contribution in [0.5, 0.6) is 0 Å². The molecule has 3 N–H and O–H groups in total. The molecule has 0 spiro atoms. The van der Waals surface area contributed by atoms with Gasteiger partial charge in [-0.3, -0.25) is 0 Å². The molecule has 0 unspecified atom stereocenters. The van der Waals surface area contributed by atoms with Crippen LogP contribution in [0.2, 0.25) is 0 Å². The zero-order chi connectivity index (χ0) is 20.5. The van der Waals surface area contributed by atoms with E-state index in [9.17, 15) is 0 Å². The van der Waals surface area contributed by atoms with Crippen molar-refractivity contribution in [3.05, 3.63) is 53.4 Å². The van der Waals surface area contributed by atoms with Crippen molar-refractivity contribution in [3.63, 3.8) is 0 Å². The minimum Gasteiger partial charge on any atom is -0.368 e. The van der Waals surface area contributed by atoms with Crippen molar-refractivity contribution in [2.75, 3.05) is 25.0 Å². The first kappa shape index (κ1) is 20.6. The first-order chi connectivity index (χ1) is 14.2. The summed E-state index contributed by atoms with van der Waals surface area (Å²) in [4.78, 5) is 9.34. The van der Waals surface area contributed by atoms with E-state index in [4.69, 9.17) is 9.52 Å². The second-order valence-electron chi connectivity index (χ2n) is 6.68. The van der Waals surface area contributed by atoms with Gasteiger partial charge in [0.15, 0.2) is 5.96 Å². The van der Waals surface area contributed by atoms with E-state index < -0.39 is 0 Å². The molecule has 2 heterocycles. The predicted octanol–water partition coefficient (Wildman–Crippen LogP) is 3.51. The first-order valence-corrected chi connectivity index (χ1v) is 10.3. The Bertz CT molecular complexity index is 928. The van der Waals surface area contributed by atoms with Crippen LogP contribution in [0.15, 0.2) is 45.9 Å². The molecule has 0 atom stereocenters. The van der Waals surface area contributed by atoms with E-state index in [-0.39, 0.29) is 0 Å². The summed E-state index contributed by atoms with van der Waals surface area (Å²) in [5.74, 6) is 2.58. The molecular weight excluding hydrogens is 364 g/mol. The van der Waals surface area contributed by atoms with Crippen LogP contribution in [-0.2, 0) is 19.4 Å². The molecule has 3 aromatic rings. The van der Waals surface area contributed by atoms with Crippen LogP contribution in [0.1, 0.15) is 37.8 Å². The Morgan fingerprint density at radius 3 is 2.66 bits per heavy atom. The van der Waals surface area contributed by atoms with Crippen molar-refractivity contribution >= 4 is 22.7 Å². The molecule has 0 saturated carbocycles. The van der Waals surface area contributed by atoms with Crippen LogP contribution < -0.4 is 16.0 Å².